The Hall–Kier alpha value is -4.22. The van der Waals surface area contributed by atoms with Crippen molar-refractivity contribution in [2.24, 2.45) is 5.92 Å². The van der Waals surface area contributed by atoms with E-state index in [0.29, 0.717) is 22.6 Å². The topological polar surface area (TPSA) is 102 Å². The van der Waals surface area contributed by atoms with E-state index < -0.39 is 29.4 Å². The Labute approximate surface area is 220 Å². The van der Waals surface area contributed by atoms with Crippen LogP contribution in [0.25, 0.3) is 22.6 Å². The predicted octanol–water partition coefficient (Wildman–Crippen LogP) is 6.01. The number of methoxy groups -OCH3 is 1. The highest BCUT2D eigenvalue weighted by Crippen LogP contribution is 2.35. The maximum atomic E-state index is 14.7. The number of anilines is 1. The smallest absolute Gasteiger partial charge is 0.416 e. The molecule has 1 fully saturated rings. The molecule has 0 saturated heterocycles. The number of hydrogen-bond donors (Lipinski definition) is 2. The molecule has 0 amide bonds. The number of aromatic carboxylic acids is 1. The second-order valence-electron chi connectivity index (χ2n) is 9.56. The van der Waals surface area contributed by atoms with Gasteiger partial charge in [0.15, 0.2) is 23.0 Å². The van der Waals surface area contributed by atoms with Crippen LogP contribution >= 0.6 is 0 Å². The number of hydrogen-bond acceptors (Lipinski definition) is 6. The third-order valence-electron chi connectivity index (χ3n) is 7.05. The zero-order valence-corrected chi connectivity index (χ0v) is 21.1. The van der Waals surface area contributed by atoms with E-state index in [-0.39, 0.29) is 35.6 Å². The van der Waals surface area contributed by atoms with Gasteiger partial charge in [0, 0.05) is 18.2 Å². The molecule has 1 aliphatic rings. The summed E-state index contributed by atoms with van der Waals surface area (Å²) < 4.78 is 60.7. The number of carboxylic acids is 1. The van der Waals surface area contributed by atoms with Crippen LogP contribution in [0.2, 0.25) is 0 Å². The Morgan fingerprint density at radius 3 is 2.44 bits per heavy atom. The lowest BCUT2D eigenvalue weighted by molar-refractivity contribution is -0.137. The molecular formula is C27H25F4N5O3. The number of alkyl halides is 3. The molecule has 1 atom stereocenters. The van der Waals surface area contributed by atoms with Crippen LogP contribution < -0.4 is 10.1 Å². The number of rotatable bonds is 8. The van der Waals surface area contributed by atoms with Crippen molar-refractivity contribution in [2.45, 2.75) is 44.9 Å². The predicted molar refractivity (Wildman–Crippen MR) is 135 cm³/mol. The van der Waals surface area contributed by atoms with Crippen LogP contribution in [-0.2, 0) is 12.7 Å². The number of benzene rings is 2. The summed E-state index contributed by atoms with van der Waals surface area (Å²) in [6.45, 7) is 2.02. The van der Waals surface area contributed by atoms with Gasteiger partial charge >= 0.3 is 12.1 Å². The van der Waals surface area contributed by atoms with Crippen molar-refractivity contribution in [2.75, 3.05) is 12.4 Å². The minimum absolute atomic E-state index is 0.0220. The summed E-state index contributed by atoms with van der Waals surface area (Å²) >= 11 is 0. The minimum atomic E-state index is -4.48. The number of halogens is 4. The lowest BCUT2D eigenvalue weighted by Gasteiger charge is -2.32. The van der Waals surface area contributed by atoms with Gasteiger partial charge in [0.25, 0.3) is 0 Å². The fourth-order valence-corrected chi connectivity index (χ4v) is 4.67. The van der Waals surface area contributed by atoms with Crippen LogP contribution in [0, 0.1) is 11.7 Å². The summed E-state index contributed by atoms with van der Waals surface area (Å²) in [6.07, 6.45) is -1.33. The molecule has 2 aromatic carbocycles. The molecule has 0 unspecified atom stereocenters. The van der Waals surface area contributed by atoms with E-state index >= 15 is 0 Å². The van der Waals surface area contributed by atoms with Gasteiger partial charge in [0.1, 0.15) is 11.3 Å². The van der Waals surface area contributed by atoms with Gasteiger partial charge in [-0.15, -0.1) is 0 Å². The van der Waals surface area contributed by atoms with Crippen molar-refractivity contribution in [3.63, 3.8) is 0 Å². The maximum Gasteiger partial charge on any atom is 0.416 e. The highest BCUT2D eigenvalue weighted by Gasteiger charge is 2.30. The lowest BCUT2D eigenvalue weighted by atomic mass is 9.80. The molecule has 1 saturated carbocycles. The van der Waals surface area contributed by atoms with Gasteiger partial charge in [0.05, 0.1) is 12.7 Å². The summed E-state index contributed by atoms with van der Waals surface area (Å²) in [5, 5.41) is 13.0. The number of fused-ring (bicyclic) bond motifs is 1. The molecule has 8 nitrogen and oxygen atoms in total. The SMILES string of the molecule is COc1ccc(-c2nc3nc(C(=O)O)nc(N[C@H](C)C4CCC4)c3n2Cc2ccc(C(F)(F)F)cc2)cc1F. The maximum absolute atomic E-state index is 14.7. The minimum Gasteiger partial charge on any atom is -0.494 e. The van der Waals surface area contributed by atoms with Gasteiger partial charge in [-0.2, -0.15) is 13.2 Å². The number of ether oxygens (including phenoxy) is 1. The second kappa shape index (κ2) is 10.2. The van der Waals surface area contributed by atoms with Gasteiger partial charge in [-0.25, -0.2) is 24.1 Å². The van der Waals surface area contributed by atoms with E-state index in [2.05, 4.69) is 20.3 Å². The molecule has 4 aromatic rings. The van der Waals surface area contributed by atoms with E-state index in [1.165, 1.54) is 31.4 Å². The van der Waals surface area contributed by atoms with E-state index in [4.69, 9.17) is 4.74 Å². The molecule has 12 heteroatoms. The molecule has 0 aliphatic heterocycles. The Balaban J connectivity index is 1.69. The summed E-state index contributed by atoms with van der Waals surface area (Å²) in [7, 11) is 1.34. The van der Waals surface area contributed by atoms with Crippen LogP contribution in [-0.4, -0.2) is 43.7 Å². The molecule has 5 rings (SSSR count). The highest BCUT2D eigenvalue weighted by molar-refractivity contribution is 5.92. The molecule has 204 valence electrons. The normalized spacial score (nSPS) is 14.7. The average Bonchev–Trinajstić information content (AvgIpc) is 3.21. The third kappa shape index (κ3) is 5.23. The van der Waals surface area contributed by atoms with Crippen molar-refractivity contribution >= 4 is 23.0 Å². The molecule has 1 aliphatic carbocycles. The van der Waals surface area contributed by atoms with Gasteiger partial charge in [0.2, 0.25) is 5.82 Å². The van der Waals surface area contributed by atoms with Crippen molar-refractivity contribution in [1.82, 2.24) is 19.5 Å². The van der Waals surface area contributed by atoms with Crippen LogP contribution in [0.15, 0.2) is 42.5 Å². The number of imidazole rings is 1. The van der Waals surface area contributed by atoms with Crippen LogP contribution in [0.5, 0.6) is 5.75 Å². The fraction of sp³-hybridized carbons (Fsp3) is 0.333. The Morgan fingerprint density at radius 1 is 1.15 bits per heavy atom. The highest BCUT2D eigenvalue weighted by atomic mass is 19.4. The van der Waals surface area contributed by atoms with Crippen LogP contribution in [0.4, 0.5) is 23.4 Å². The largest absolute Gasteiger partial charge is 0.494 e. The van der Waals surface area contributed by atoms with Gasteiger partial charge < -0.3 is 19.7 Å². The Bertz CT molecular complexity index is 1530. The molecule has 0 radical (unpaired) electrons. The van der Waals surface area contributed by atoms with Gasteiger partial charge in [-0.05, 0) is 61.6 Å². The first-order valence-electron chi connectivity index (χ1n) is 12.3. The van der Waals surface area contributed by atoms with Gasteiger partial charge in [-0.3, -0.25) is 0 Å². The summed E-state index contributed by atoms with van der Waals surface area (Å²) in [4.78, 5) is 24.7. The summed E-state index contributed by atoms with van der Waals surface area (Å²) in [6, 6.07) is 8.87. The number of carbonyl (C=O) groups is 1. The summed E-state index contributed by atoms with van der Waals surface area (Å²) in [5.41, 5.74) is 0.484. The zero-order chi connectivity index (χ0) is 27.9. The summed E-state index contributed by atoms with van der Waals surface area (Å²) in [5.74, 6) is -1.57. The number of nitrogens with one attached hydrogen (secondary N) is 1. The molecule has 2 aromatic heterocycles. The molecular weight excluding hydrogens is 518 g/mol. The monoisotopic (exact) mass is 543 g/mol. The third-order valence-corrected chi connectivity index (χ3v) is 7.05. The Morgan fingerprint density at radius 2 is 1.87 bits per heavy atom. The van der Waals surface area contributed by atoms with E-state index in [1.54, 1.807) is 10.6 Å². The number of carboxylic acid groups (broad SMARTS) is 1. The van der Waals surface area contributed by atoms with E-state index in [0.717, 1.165) is 31.4 Å². The zero-order valence-electron chi connectivity index (χ0n) is 21.1. The van der Waals surface area contributed by atoms with Crippen LogP contribution in [0.3, 0.4) is 0 Å². The second-order valence-corrected chi connectivity index (χ2v) is 9.56. The first-order valence-corrected chi connectivity index (χ1v) is 12.3. The lowest BCUT2D eigenvalue weighted by Crippen LogP contribution is -2.31. The van der Waals surface area contributed by atoms with Crippen molar-refractivity contribution < 1.29 is 32.2 Å². The van der Waals surface area contributed by atoms with E-state index in [9.17, 15) is 27.5 Å². The van der Waals surface area contributed by atoms with Crippen LogP contribution in [0.1, 0.15) is 47.9 Å². The average molecular weight is 544 g/mol. The van der Waals surface area contributed by atoms with E-state index in [1.807, 2.05) is 6.92 Å². The van der Waals surface area contributed by atoms with Gasteiger partial charge in [-0.1, -0.05) is 18.6 Å². The first kappa shape index (κ1) is 26.4. The van der Waals surface area contributed by atoms with Crippen molar-refractivity contribution in [1.29, 1.82) is 0 Å². The quantitative estimate of drug-likeness (QED) is 0.263. The number of nitrogens with zero attached hydrogens (tertiary/aromatic N) is 4. The molecule has 39 heavy (non-hydrogen) atoms. The van der Waals surface area contributed by atoms with Crippen molar-refractivity contribution in [3.05, 3.63) is 65.2 Å². The molecule has 2 heterocycles. The molecule has 2 N–H and O–H groups in total. The molecule has 0 bridgehead atoms. The van der Waals surface area contributed by atoms with Crippen molar-refractivity contribution in [3.8, 4) is 17.1 Å². The standard InChI is InChI=1S/C27H25F4N5O3/c1-14(16-4-3-5-16)32-22-21-23(34-24(33-22)26(37)38)35-25(17-8-11-20(39-2)19(28)12-17)36(21)13-15-6-9-18(10-7-15)27(29,30)31/h6-12,14,16H,3-5,13H2,1-2H3,(H,37,38)(H,32,33,34)/t14-/m1/s1. The molecule has 0 spiro atoms. The fourth-order valence-electron chi connectivity index (χ4n) is 4.67. The first-order chi connectivity index (χ1) is 18.5. The Kier molecular flexibility index (Phi) is 6.87. The number of aromatic nitrogens is 4.